The molecule has 0 aromatic heterocycles. The molecule has 0 unspecified atom stereocenters. The molecular formula is C12H16O3. The third-order valence-corrected chi connectivity index (χ3v) is 2.23. The van der Waals surface area contributed by atoms with Gasteiger partial charge < -0.3 is 14.9 Å². The summed E-state index contributed by atoms with van der Waals surface area (Å²) in [5, 5.41) is 18.4. The normalized spacial score (nSPS) is 11.5. The maximum atomic E-state index is 9.39. The van der Waals surface area contributed by atoms with Gasteiger partial charge in [0.15, 0.2) is 11.5 Å². The number of phenolic OH excluding ortho intramolecular Hbond substituents is 1. The van der Waals surface area contributed by atoms with Crippen molar-refractivity contribution in [3.05, 3.63) is 29.3 Å². The van der Waals surface area contributed by atoms with Crippen molar-refractivity contribution in [2.75, 3.05) is 13.7 Å². The first-order valence-corrected chi connectivity index (χ1v) is 4.88. The van der Waals surface area contributed by atoms with Crippen molar-refractivity contribution >= 4 is 6.08 Å². The van der Waals surface area contributed by atoms with E-state index in [2.05, 4.69) is 0 Å². The molecule has 0 spiro atoms. The minimum absolute atomic E-state index is 0.0552. The van der Waals surface area contributed by atoms with Crippen molar-refractivity contribution in [3.8, 4) is 11.5 Å². The number of ether oxygens (including phenoxy) is 1. The molecule has 3 heteroatoms. The Kier molecular flexibility index (Phi) is 4.18. The molecule has 0 fully saturated rings. The largest absolute Gasteiger partial charge is 0.504 e. The SMILES string of the molecule is CCC(=Cc1ccc(O)c(OC)c1)CO. The van der Waals surface area contributed by atoms with Crippen LogP contribution in [0.5, 0.6) is 11.5 Å². The number of phenols is 1. The van der Waals surface area contributed by atoms with E-state index < -0.39 is 0 Å². The zero-order valence-electron chi connectivity index (χ0n) is 9.03. The predicted octanol–water partition coefficient (Wildman–Crippen LogP) is 2.19. The van der Waals surface area contributed by atoms with Crippen LogP contribution in [0.1, 0.15) is 18.9 Å². The van der Waals surface area contributed by atoms with Crippen molar-refractivity contribution < 1.29 is 14.9 Å². The first-order chi connectivity index (χ1) is 7.21. The number of methoxy groups -OCH3 is 1. The molecule has 0 saturated carbocycles. The van der Waals surface area contributed by atoms with Gasteiger partial charge in [-0.1, -0.05) is 19.1 Å². The van der Waals surface area contributed by atoms with Gasteiger partial charge in [0.05, 0.1) is 13.7 Å². The van der Waals surface area contributed by atoms with E-state index in [0.717, 1.165) is 17.6 Å². The average Bonchev–Trinajstić information content (AvgIpc) is 2.28. The maximum absolute atomic E-state index is 9.39. The molecule has 1 aromatic rings. The summed E-state index contributed by atoms with van der Waals surface area (Å²) in [6.07, 6.45) is 2.70. The Balaban J connectivity index is 3.00. The number of aliphatic hydroxyl groups is 1. The van der Waals surface area contributed by atoms with E-state index in [1.807, 2.05) is 13.0 Å². The van der Waals surface area contributed by atoms with Crippen molar-refractivity contribution in [3.63, 3.8) is 0 Å². The van der Waals surface area contributed by atoms with Crippen LogP contribution < -0.4 is 4.74 Å². The minimum Gasteiger partial charge on any atom is -0.504 e. The fraction of sp³-hybridized carbons (Fsp3) is 0.333. The first-order valence-electron chi connectivity index (χ1n) is 4.88. The Hall–Kier alpha value is -1.48. The van der Waals surface area contributed by atoms with E-state index in [9.17, 15) is 5.11 Å². The second kappa shape index (κ2) is 5.41. The fourth-order valence-electron chi connectivity index (χ4n) is 1.28. The van der Waals surface area contributed by atoms with Crippen LogP contribution in [0.15, 0.2) is 23.8 Å². The highest BCUT2D eigenvalue weighted by Gasteiger charge is 2.01. The van der Waals surface area contributed by atoms with E-state index in [4.69, 9.17) is 9.84 Å². The maximum Gasteiger partial charge on any atom is 0.161 e. The molecule has 0 aliphatic carbocycles. The second-order valence-corrected chi connectivity index (χ2v) is 3.25. The number of aromatic hydroxyl groups is 1. The molecule has 1 rings (SSSR count). The highest BCUT2D eigenvalue weighted by molar-refractivity contribution is 5.57. The zero-order chi connectivity index (χ0) is 11.3. The lowest BCUT2D eigenvalue weighted by Gasteiger charge is -2.05. The molecule has 0 saturated heterocycles. The number of rotatable bonds is 4. The molecule has 0 radical (unpaired) electrons. The second-order valence-electron chi connectivity index (χ2n) is 3.25. The van der Waals surface area contributed by atoms with Crippen molar-refractivity contribution in [1.82, 2.24) is 0 Å². The number of benzene rings is 1. The first kappa shape index (κ1) is 11.6. The van der Waals surface area contributed by atoms with Gasteiger partial charge in [-0.05, 0) is 29.7 Å². The molecule has 0 aliphatic heterocycles. The summed E-state index contributed by atoms with van der Waals surface area (Å²) in [5.74, 6) is 0.564. The monoisotopic (exact) mass is 208 g/mol. The molecule has 0 amide bonds. The smallest absolute Gasteiger partial charge is 0.161 e. The number of aliphatic hydroxyl groups excluding tert-OH is 1. The van der Waals surface area contributed by atoms with Gasteiger partial charge in [-0.15, -0.1) is 0 Å². The van der Waals surface area contributed by atoms with E-state index in [1.165, 1.54) is 7.11 Å². The van der Waals surface area contributed by atoms with Gasteiger partial charge in [-0.2, -0.15) is 0 Å². The van der Waals surface area contributed by atoms with Crippen LogP contribution in [-0.4, -0.2) is 23.9 Å². The molecule has 15 heavy (non-hydrogen) atoms. The number of hydrogen-bond donors (Lipinski definition) is 2. The Morgan fingerprint density at radius 2 is 2.20 bits per heavy atom. The van der Waals surface area contributed by atoms with E-state index >= 15 is 0 Å². The molecule has 1 aromatic carbocycles. The lowest BCUT2D eigenvalue weighted by Crippen LogP contribution is -1.89. The van der Waals surface area contributed by atoms with Crippen LogP contribution in [-0.2, 0) is 0 Å². The standard InChI is InChI=1S/C12H16O3/c1-3-9(8-13)6-10-4-5-11(14)12(7-10)15-2/h4-7,13-14H,3,8H2,1-2H3. The summed E-state index contributed by atoms with van der Waals surface area (Å²) >= 11 is 0. The van der Waals surface area contributed by atoms with Crippen LogP contribution in [0.2, 0.25) is 0 Å². The molecule has 0 heterocycles. The van der Waals surface area contributed by atoms with Gasteiger partial charge in [0.1, 0.15) is 0 Å². The molecule has 0 atom stereocenters. The van der Waals surface area contributed by atoms with Gasteiger partial charge in [0.25, 0.3) is 0 Å². The van der Waals surface area contributed by atoms with E-state index in [1.54, 1.807) is 18.2 Å². The predicted molar refractivity (Wildman–Crippen MR) is 60.0 cm³/mol. The highest BCUT2D eigenvalue weighted by Crippen LogP contribution is 2.27. The summed E-state index contributed by atoms with van der Waals surface area (Å²) in [4.78, 5) is 0. The van der Waals surface area contributed by atoms with Crippen LogP contribution in [0.25, 0.3) is 6.08 Å². The topological polar surface area (TPSA) is 49.7 Å². The van der Waals surface area contributed by atoms with Gasteiger partial charge in [-0.25, -0.2) is 0 Å². The van der Waals surface area contributed by atoms with Crippen molar-refractivity contribution in [1.29, 1.82) is 0 Å². The van der Waals surface area contributed by atoms with Gasteiger partial charge in [0.2, 0.25) is 0 Å². The Morgan fingerprint density at radius 1 is 1.47 bits per heavy atom. The van der Waals surface area contributed by atoms with Gasteiger partial charge in [-0.3, -0.25) is 0 Å². The van der Waals surface area contributed by atoms with E-state index in [0.29, 0.717) is 5.75 Å². The molecule has 0 aliphatic rings. The molecule has 3 nitrogen and oxygen atoms in total. The Morgan fingerprint density at radius 3 is 2.73 bits per heavy atom. The number of hydrogen-bond acceptors (Lipinski definition) is 3. The lowest BCUT2D eigenvalue weighted by atomic mass is 10.1. The fourth-order valence-corrected chi connectivity index (χ4v) is 1.28. The third kappa shape index (κ3) is 2.99. The molecule has 82 valence electrons. The van der Waals surface area contributed by atoms with Crippen LogP contribution in [0, 0.1) is 0 Å². The van der Waals surface area contributed by atoms with Crippen molar-refractivity contribution in [2.45, 2.75) is 13.3 Å². The van der Waals surface area contributed by atoms with Gasteiger partial charge >= 0.3 is 0 Å². The summed E-state index contributed by atoms with van der Waals surface area (Å²) in [5.41, 5.74) is 1.86. The van der Waals surface area contributed by atoms with Crippen LogP contribution in [0.3, 0.4) is 0 Å². The molecular weight excluding hydrogens is 192 g/mol. The van der Waals surface area contributed by atoms with Crippen LogP contribution in [0.4, 0.5) is 0 Å². The Labute approximate surface area is 89.6 Å². The zero-order valence-corrected chi connectivity index (χ0v) is 9.03. The lowest BCUT2D eigenvalue weighted by molar-refractivity contribution is 0.329. The summed E-state index contributed by atoms with van der Waals surface area (Å²) < 4.78 is 4.99. The van der Waals surface area contributed by atoms with Gasteiger partial charge in [0, 0.05) is 0 Å². The van der Waals surface area contributed by atoms with E-state index in [-0.39, 0.29) is 12.4 Å². The van der Waals surface area contributed by atoms with Crippen molar-refractivity contribution in [2.24, 2.45) is 0 Å². The third-order valence-electron chi connectivity index (χ3n) is 2.23. The highest BCUT2D eigenvalue weighted by atomic mass is 16.5. The summed E-state index contributed by atoms with van der Waals surface area (Å²) in [7, 11) is 1.51. The molecule has 2 N–H and O–H groups in total. The summed E-state index contributed by atoms with van der Waals surface area (Å²) in [6, 6.07) is 5.10. The summed E-state index contributed by atoms with van der Waals surface area (Å²) in [6.45, 7) is 2.04. The van der Waals surface area contributed by atoms with Crippen LogP contribution >= 0.6 is 0 Å². The quantitative estimate of drug-likeness (QED) is 0.797. The Bertz CT molecular complexity index is 350. The molecule has 0 bridgehead atoms. The average molecular weight is 208 g/mol. The minimum atomic E-state index is 0.0552.